The lowest BCUT2D eigenvalue weighted by molar-refractivity contribution is -0.130. The minimum absolute atomic E-state index is 0. The summed E-state index contributed by atoms with van der Waals surface area (Å²) in [7, 11) is 0. The van der Waals surface area contributed by atoms with Gasteiger partial charge < -0.3 is 4.74 Å². The Hall–Kier alpha value is -0.510. The second kappa shape index (κ2) is 8.49. The number of rotatable bonds is 5. The van der Waals surface area contributed by atoms with Crippen LogP contribution in [-0.4, -0.2) is 19.3 Å². The van der Waals surface area contributed by atoms with Gasteiger partial charge >= 0.3 is 6.04 Å². The highest BCUT2D eigenvalue weighted by Crippen LogP contribution is 1.86. The fourth-order valence-corrected chi connectivity index (χ4v) is 0.399. The van der Waals surface area contributed by atoms with E-state index in [9.17, 15) is 9.18 Å². The van der Waals surface area contributed by atoms with Gasteiger partial charge in [-0.05, 0) is 6.42 Å². The number of hydrogen-bond acceptors (Lipinski definition) is 2. The molecule has 0 atom stereocenters. The molecule has 0 aliphatic carbocycles. The third-order valence-electron chi connectivity index (χ3n) is 0.791. The van der Waals surface area contributed by atoms with E-state index in [0.29, 0.717) is 6.61 Å². The maximum Gasteiger partial charge on any atom is 0.303 e. The minimum atomic E-state index is -1.30. The summed E-state index contributed by atoms with van der Waals surface area (Å²) < 4.78 is 16.2. The maximum atomic E-state index is 11.4. The van der Waals surface area contributed by atoms with Gasteiger partial charge in [-0.3, -0.25) is 9.50 Å². The van der Waals surface area contributed by atoms with Crippen molar-refractivity contribution < 1.29 is 18.6 Å². The average molecular weight is 154 g/mol. The molecule has 0 rings (SSSR count). The highest BCUT2D eigenvalue weighted by molar-refractivity contribution is 5.67. The van der Waals surface area contributed by atoms with Crippen molar-refractivity contribution in [3.63, 3.8) is 0 Å². The quantitative estimate of drug-likeness (QED) is 0.442. The summed E-state index contributed by atoms with van der Waals surface area (Å²) in [5.74, 6) is 0. The van der Waals surface area contributed by atoms with Crippen molar-refractivity contribution in [2.45, 2.75) is 19.8 Å². The SMILES string of the molecule is CCCOCCC(=O)F.F. The van der Waals surface area contributed by atoms with Crippen LogP contribution in [0, 0.1) is 0 Å². The molecule has 0 N–H and O–H groups in total. The summed E-state index contributed by atoms with van der Waals surface area (Å²) in [6.45, 7) is 2.77. The molecule has 4 heteroatoms. The normalized spacial score (nSPS) is 8.60. The van der Waals surface area contributed by atoms with Crippen molar-refractivity contribution in [3.8, 4) is 0 Å². The zero-order valence-electron chi connectivity index (χ0n) is 5.93. The summed E-state index contributed by atoms with van der Waals surface area (Å²) in [4.78, 5) is 9.66. The van der Waals surface area contributed by atoms with E-state index < -0.39 is 6.04 Å². The van der Waals surface area contributed by atoms with E-state index >= 15 is 0 Å². The molecule has 0 unspecified atom stereocenters. The smallest absolute Gasteiger partial charge is 0.303 e. The molecule has 2 nitrogen and oxygen atoms in total. The van der Waals surface area contributed by atoms with Crippen molar-refractivity contribution >= 4 is 6.04 Å². The van der Waals surface area contributed by atoms with Crippen molar-refractivity contribution in [1.29, 1.82) is 0 Å². The largest absolute Gasteiger partial charge is 0.381 e. The van der Waals surface area contributed by atoms with Crippen LogP contribution in [0.15, 0.2) is 0 Å². The standard InChI is InChI=1S/C6H11FO2.FH/c1-2-4-9-5-3-6(7)8;/h2-5H2,1H3;1H. The summed E-state index contributed by atoms with van der Waals surface area (Å²) in [5.41, 5.74) is 0. The number of carbonyl (C=O) groups is 1. The lowest BCUT2D eigenvalue weighted by atomic mass is 10.5. The van der Waals surface area contributed by atoms with Gasteiger partial charge in [0.05, 0.1) is 13.0 Å². The van der Waals surface area contributed by atoms with E-state index in [0.717, 1.165) is 6.42 Å². The maximum absolute atomic E-state index is 11.4. The Labute approximate surface area is 58.7 Å². The minimum Gasteiger partial charge on any atom is -0.381 e. The molecule has 0 amide bonds. The van der Waals surface area contributed by atoms with E-state index in [4.69, 9.17) is 4.74 Å². The molecule has 0 aliphatic rings. The monoisotopic (exact) mass is 154 g/mol. The molecular weight excluding hydrogens is 142 g/mol. The van der Waals surface area contributed by atoms with Gasteiger partial charge in [0.1, 0.15) is 0 Å². The molecule has 0 radical (unpaired) electrons. The molecule has 0 heterocycles. The summed E-state index contributed by atoms with van der Waals surface area (Å²) in [6, 6.07) is -1.30. The number of halogens is 2. The Balaban J connectivity index is 0. The molecule has 0 spiro atoms. The molecular formula is C6H12F2O2. The third-order valence-corrected chi connectivity index (χ3v) is 0.791. The van der Waals surface area contributed by atoms with E-state index in [1.165, 1.54) is 0 Å². The van der Waals surface area contributed by atoms with Crippen LogP contribution in [0.1, 0.15) is 19.8 Å². The molecule has 0 saturated heterocycles. The van der Waals surface area contributed by atoms with Gasteiger partial charge in [-0.2, -0.15) is 4.39 Å². The van der Waals surface area contributed by atoms with Crippen LogP contribution in [0.25, 0.3) is 0 Å². The van der Waals surface area contributed by atoms with Gasteiger partial charge in [-0.25, -0.2) is 0 Å². The number of hydrogen-bond donors (Lipinski definition) is 0. The van der Waals surface area contributed by atoms with Crippen molar-refractivity contribution in [2.75, 3.05) is 13.2 Å². The molecule has 10 heavy (non-hydrogen) atoms. The first-order chi connectivity index (χ1) is 4.27. The second-order valence-corrected chi connectivity index (χ2v) is 1.72. The Morgan fingerprint density at radius 2 is 2.10 bits per heavy atom. The fourth-order valence-electron chi connectivity index (χ4n) is 0.399. The highest BCUT2D eigenvalue weighted by Gasteiger charge is 1.95. The van der Waals surface area contributed by atoms with Gasteiger partial charge in [-0.1, -0.05) is 6.92 Å². The number of carbonyl (C=O) groups excluding carboxylic acids is 1. The van der Waals surface area contributed by atoms with Gasteiger partial charge in [0, 0.05) is 6.61 Å². The van der Waals surface area contributed by atoms with Crippen LogP contribution in [0.4, 0.5) is 9.09 Å². The molecule has 0 aromatic heterocycles. The van der Waals surface area contributed by atoms with Crippen LogP contribution in [0.3, 0.4) is 0 Å². The Morgan fingerprint density at radius 1 is 1.50 bits per heavy atom. The Morgan fingerprint density at radius 3 is 2.50 bits per heavy atom. The average Bonchev–Trinajstić information content (AvgIpc) is 1.80. The third kappa shape index (κ3) is 10.5. The predicted molar refractivity (Wildman–Crippen MR) is 34.3 cm³/mol. The Bertz CT molecular complexity index is 85.8. The fraction of sp³-hybridized carbons (Fsp3) is 0.833. The second-order valence-electron chi connectivity index (χ2n) is 1.72. The van der Waals surface area contributed by atoms with Gasteiger partial charge in [-0.15, -0.1) is 0 Å². The molecule has 0 bridgehead atoms. The van der Waals surface area contributed by atoms with Crippen LogP contribution < -0.4 is 0 Å². The highest BCUT2D eigenvalue weighted by atomic mass is 19.1. The van der Waals surface area contributed by atoms with Crippen LogP contribution in [0.5, 0.6) is 0 Å². The summed E-state index contributed by atoms with van der Waals surface area (Å²) in [5, 5.41) is 0. The van der Waals surface area contributed by atoms with Crippen molar-refractivity contribution in [2.24, 2.45) is 0 Å². The molecule has 0 aliphatic heterocycles. The zero-order chi connectivity index (χ0) is 7.11. The first-order valence-electron chi connectivity index (χ1n) is 3.03. The van der Waals surface area contributed by atoms with Crippen molar-refractivity contribution in [3.05, 3.63) is 0 Å². The lowest BCUT2D eigenvalue weighted by Gasteiger charge is -1.96. The van der Waals surface area contributed by atoms with E-state index in [1.807, 2.05) is 6.92 Å². The Kier molecular flexibility index (Phi) is 10.4. The molecule has 62 valence electrons. The van der Waals surface area contributed by atoms with Crippen LogP contribution >= 0.6 is 0 Å². The van der Waals surface area contributed by atoms with Gasteiger partial charge in [0.15, 0.2) is 0 Å². The predicted octanol–water partition coefficient (Wildman–Crippen LogP) is 1.45. The summed E-state index contributed by atoms with van der Waals surface area (Å²) in [6.07, 6.45) is 0.792. The molecule has 0 aromatic rings. The lowest BCUT2D eigenvalue weighted by Crippen LogP contribution is -1.99. The van der Waals surface area contributed by atoms with E-state index in [-0.39, 0.29) is 17.7 Å². The molecule has 0 saturated carbocycles. The summed E-state index contributed by atoms with van der Waals surface area (Å²) >= 11 is 0. The first-order valence-corrected chi connectivity index (χ1v) is 3.03. The van der Waals surface area contributed by atoms with Gasteiger partial charge in [0.25, 0.3) is 0 Å². The molecule has 0 aromatic carbocycles. The zero-order valence-corrected chi connectivity index (χ0v) is 5.93. The van der Waals surface area contributed by atoms with E-state index in [2.05, 4.69) is 0 Å². The van der Waals surface area contributed by atoms with Crippen LogP contribution in [-0.2, 0) is 9.53 Å². The number of ether oxygens (including phenoxy) is 1. The van der Waals surface area contributed by atoms with Gasteiger partial charge in [0.2, 0.25) is 0 Å². The topological polar surface area (TPSA) is 26.3 Å². The van der Waals surface area contributed by atoms with E-state index in [1.54, 1.807) is 0 Å². The first kappa shape index (κ1) is 12.2. The molecule has 0 fully saturated rings. The van der Waals surface area contributed by atoms with Crippen LogP contribution in [0.2, 0.25) is 0 Å². The van der Waals surface area contributed by atoms with Crippen molar-refractivity contribution in [1.82, 2.24) is 0 Å².